The van der Waals surface area contributed by atoms with Gasteiger partial charge in [0.25, 0.3) is 5.91 Å². The van der Waals surface area contributed by atoms with Crippen molar-refractivity contribution in [3.8, 4) is 21.8 Å². The summed E-state index contributed by atoms with van der Waals surface area (Å²) in [5, 5.41) is 10.6. The highest BCUT2D eigenvalue weighted by atomic mass is 32.1. The molecule has 1 fully saturated rings. The average Bonchev–Trinajstić information content (AvgIpc) is 3.85. The number of nitrogens with zero attached hydrogens (tertiary/aromatic N) is 3. The number of carbonyl (C=O) groups is 4. The Balaban J connectivity index is 1.07. The second-order valence-corrected chi connectivity index (χ2v) is 13.3. The molecule has 0 aliphatic carbocycles. The van der Waals surface area contributed by atoms with Gasteiger partial charge in [0.05, 0.1) is 25.6 Å². The molecule has 2 aliphatic rings. The molecular formula is C34H34N5O4S2+. The molecule has 5 amide bonds. The molecule has 0 saturated carbocycles. The Labute approximate surface area is 269 Å². The van der Waals surface area contributed by atoms with Crippen LogP contribution in [-0.4, -0.2) is 63.3 Å². The maximum atomic E-state index is 13.1. The topological polar surface area (TPSA) is 108 Å². The van der Waals surface area contributed by atoms with E-state index in [0.29, 0.717) is 24.5 Å². The van der Waals surface area contributed by atoms with Crippen LogP contribution in [0, 0.1) is 0 Å². The Morgan fingerprint density at radius 1 is 0.956 bits per heavy atom. The third-order valence-corrected chi connectivity index (χ3v) is 10.4. The number of imide groups is 1. The lowest BCUT2D eigenvalue weighted by molar-refractivity contribution is -0.781. The third kappa shape index (κ3) is 6.24. The van der Waals surface area contributed by atoms with Crippen LogP contribution in [0.15, 0.2) is 83.6 Å². The molecule has 6 rings (SSSR count). The van der Waals surface area contributed by atoms with Gasteiger partial charge in [-0.3, -0.25) is 14.9 Å². The summed E-state index contributed by atoms with van der Waals surface area (Å²) in [6.45, 7) is 4.40. The summed E-state index contributed by atoms with van der Waals surface area (Å²) in [7, 11) is 0. The summed E-state index contributed by atoms with van der Waals surface area (Å²) in [6, 6.07) is 17.8. The zero-order chi connectivity index (χ0) is 31.6. The molecule has 2 aromatic heterocycles. The number of rotatable bonds is 7. The number of quaternary nitrogens is 1. The first-order valence-corrected chi connectivity index (χ1v) is 16.7. The molecule has 3 atom stereocenters. The molecule has 1 saturated heterocycles. The van der Waals surface area contributed by atoms with Crippen LogP contribution in [0.25, 0.3) is 21.8 Å². The van der Waals surface area contributed by atoms with Gasteiger partial charge in [0.1, 0.15) is 17.1 Å². The molecule has 11 heteroatoms. The number of benzene rings is 2. The zero-order valence-electron chi connectivity index (χ0n) is 25.1. The summed E-state index contributed by atoms with van der Waals surface area (Å²) in [6.07, 6.45) is 5.61. The number of nitrogens with one attached hydrogen (secondary N) is 2. The van der Waals surface area contributed by atoms with Gasteiger partial charge in [-0.15, -0.1) is 22.7 Å². The quantitative estimate of drug-likeness (QED) is 0.176. The first kappa shape index (κ1) is 30.6. The van der Waals surface area contributed by atoms with Gasteiger partial charge in [-0.05, 0) is 54.8 Å². The Morgan fingerprint density at radius 2 is 1.67 bits per heavy atom. The SMILES string of the molecule is CC(=O)[N+]1(C(=O)Nc2ccc(-c3nc(-c4ccc(NC(=O)[C@@H]5C=CCN5C(=O)Cc5cccs5)cc4)cs3)cc2)CCC[C@H]1C. The van der Waals surface area contributed by atoms with Crippen molar-refractivity contribution in [2.45, 2.75) is 45.2 Å². The van der Waals surface area contributed by atoms with Crippen molar-refractivity contribution < 1.29 is 23.7 Å². The van der Waals surface area contributed by atoms with Gasteiger partial charge in [0, 0.05) is 52.1 Å². The van der Waals surface area contributed by atoms with E-state index in [2.05, 4.69) is 10.6 Å². The Hall–Kier alpha value is -4.45. The number of thiophene rings is 1. The van der Waals surface area contributed by atoms with Crippen molar-refractivity contribution in [2.24, 2.45) is 0 Å². The first-order chi connectivity index (χ1) is 21.7. The molecule has 9 nitrogen and oxygen atoms in total. The van der Waals surface area contributed by atoms with Crippen LogP contribution in [-0.2, 0) is 20.8 Å². The molecule has 0 spiro atoms. The van der Waals surface area contributed by atoms with Gasteiger partial charge in [-0.25, -0.2) is 14.6 Å². The van der Waals surface area contributed by atoms with E-state index >= 15 is 0 Å². The molecule has 0 bridgehead atoms. The fourth-order valence-corrected chi connectivity index (χ4v) is 7.59. The van der Waals surface area contributed by atoms with Gasteiger partial charge in [-0.2, -0.15) is 4.48 Å². The van der Waals surface area contributed by atoms with E-state index in [1.807, 2.05) is 84.4 Å². The lowest BCUT2D eigenvalue weighted by Gasteiger charge is -2.31. The molecular weight excluding hydrogens is 607 g/mol. The van der Waals surface area contributed by atoms with E-state index in [4.69, 9.17) is 4.98 Å². The summed E-state index contributed by atoms with van der Waals surface area (Å²) in [4.78, 5) is 58.8. The lowest BCUT2D eigenvalue weighted by Crippen LogP contribution is -2.59. The number of urea groups is 1. The largest absolute Gasteiger partial charge is 0.428 e. The Morgan fingerprint density at radius 3 is 2.31 bits per heavy atom. The number of aromatic nitrogens is 1. The lowest BCUT2D eigenvalue weighted by atomic mass is 10.1. The number of anilines is 2. The van der Waals surface area contributed by atoms with Crippen LogP contribution >= 0.6 is 22.7 Å². The number of hydrogen-bond acceptors (Lipinski definition) is 7. The smallest absolute Gasteiger partial charge is 0.324 e. The molecule has 2 aromatic carbocycles. The second kappa shape index (κ2) is 12.9. The average molecular weight is 641 g/mol. The van der Waals surface area contributed by atoms with Crippen LogP contribution in [0.2, 0.25) is 0 Å². The highest BCUT2D eigenvalue weighted by Crippen LogP contribution is 2.32. The van der Waals surface area contributed by atoms with Crippen LogP contribution in [0.3, 0.4) is 0 Å². The van der Waals surface area contributed by atoms with Crippen molar-refractivity contribution in [3.63, 3.8) is 0 Å². The number of carbonyl (C=O) groups excluding carboxylic acids is 4. The maximum absolute atomic E-state index is 13.1. The number of likely N-dealkylation sites (tertiary alicyclic amines) is 1. The molecule has 2 N–H and O–H groups in total. The van der Waals surface area contributed by atoms with Crippen molar-refractivity contribution in [1.82, 2.24) is 9.88 Å². The molecule has 0 radical (unpaired) electrons. The van der Waals surface area contributed by atoms with Gasteiger partial charge >= 0.3 is 11.9 Å². The fraction of sp³-hybridized carbons (Fsp3) is 0.265. The molecule has 2 aliphatic heterocycles. The second-order valence-electron chi connectivity index (χ2n) is 11.4. The van der Waals surface area contributed by atoms with E-state index in [-0.39, 0.29) is 40.7 Å². The van der Waals surface area contributed by atoms with E-state index < -0.39 is 6.04 Å². The first-order valence-electron chi connectivity index (χ1n) is 14.9. The van der Waals surface area contributed by atoms with Crippen LogP contribution in [0.5, 0.6) is 0 Å². The van der Waals surface area contributed by atoms with Gasteiger partial charge in [-0.1, -0.05) is 30.4 Å². The van der Waals surface area contributed by atoms with Crippen LogP contribution < -0.4 is 10.6 Å². The van der Waals surface area contributed by atoms with E-state index in [0.717, 1.165) is 39.5 Å². The molecule has 45 heavy (non-hydrogen) atoms. The van der Waals surface area contributed by atoms with Crippen molar-refractivity contribution in [2.75, 3.05) is 23.7 Å². The van der Waals surface area contributed by atoms with Crippen LogP contribution in [0.1, 0.15) is 31.6 Å². The summed E-state index contributed by atoms with van der Waals surface area (Å²) in [5.41, 5.74) is 3.91. The van der Waals surface area contributed by atoms with Crippen LogP contribution in [0.4, 0.5) is 16.2 Å². The minimum Gasteiger partial charge on any atom is -0.324 e. The summed E-state index contributed by atoms with van der Waals surface area (Å²) >= 11 is 3.05. The monoisotopic (exact) mass is 640 g/mol. The predicted molar refractivity (Wildman–Crippen MR) is 178 cm³/mol. The molecule has 230 valence electrons. The standard InChI is InChI=1S/C34H33N5O4S2/c1-22-6-4-18-39(22,23(2)40)34(43)36-27-15-11-25(12-16-27)33-37-29(21-45-33)24-9-13-26(14-10-24)35-32(42)30-8-3-17-38(30)31(41)20-28-7-5-19-44-28/h3,5,7-16,19,21-22,30H,4,6,17-18,20H2,1-2H3,(H-,35,36,37,42,43)/p+1/t22-,30+,39?/m1/s1. The highest BCUT2D eigenvalue weighted by molar-refractivity contribution is 7.13. The van der Waals surface area contributed by atoms with Gasteiger partial charge < -0.3 is 10.2 Å². The maximum Gasteiger partial charge on any atom is 0.428 e. The normalized spacial score (nSPS) is 20.7. The molecule has 1 unspecified atom stereocenters. The minimum absolute atomic E-state index is 0.0343. The Bertz CT molecular complexity index is 1750. The molecule has 4 heterocycles. The fourth-order valence-electron chi connectivity index (χ4n) is 6.06. The summed E-state index contributed by atoms with van der Waals surface area (Å²) in [5.74, 6) is -0.454. The predicted octanol–water partition coefficient (Wildman–Crippen LogP) is 6.56. The highest BCUT2D eigenvalue weighted by Gasteiger charge is 2.50. The van der Waals surface area contributed by atoms with E-state index in [1.165, 1.54) is 29.6 Å². The van der Waals surface area contributed by atoms with Crippen molar-refractivity contribution in [1.29, 1.82) is 0 Å². The van der Waals surface area contributed by atoms with Gasteiger partial charge in [0.2, 0.25) is 5.91 Å². The third-order valence-electron chi connectivity index (χ3n) is 8.60. The van der Waals surface area contributed by atoms with E-state index in [9.17, 15) is 19.2 Å². The number of hydrogen-bond donors (Lipinski definition) is 2. The number of thiazole rings is 1. The van der Waals surface area contributed by atoms with Crippen molar-refractivity contribution in [3.05, 3.63) is 88.5 Å². The van der Waals surface area contributed by atoms with Crippen molar-refractivity contribution >= 4 is 57.8 Å². The summed E-state index contributed by atoms with van der Waals surface area (Å²) < 4.78 is -0.161. The number of amides is 5. The zero-order valence-corrected chi connectivity index (χ0v) is 26.7. The Kier molecular flexibility index (Phi) is 8.75. The van der Waals surface area contributed by atoms with E-state index in [1.54, 1.807) is 11.0 Å². The van der Waals surface area contributed by atoms with Gasteiger partial charge in [0.15, 0.2) is 0 Å². The minimum atomic E-state index is -0.640. The molecule has 4 aromatic rings.